The average molecular weight is 444 g/mol. The van der Waals surface area contributed by atoms with Gasteiger partial charge in [-0.1, -0.05) is 0 Å². The van der Waals surface area contributed by atoms with E-state index in [1.165, 1.54) is 5.69 Å². The van der Waals surface area contributed by atoms with Crippen molar-refractivity contribution >= 4 is 28.4 Å². The van der Waals surface area contributed by atoms with Crippen LogP contribution in [0.4, 0.5) is 17.3 Å². The molecule has 6 rings (SSSR count). The Bertz CT molecular complexity index is 1300. The van der Waals surface area contributed by atoms with Crippen LogP contribution in [0.3, 0.4) is 0 Å². The number of nitrogens with one attached hydrogen (secondary N) is 1. The van der Waals surface area contributed by atoms with E-state index >= 15 is 0 Å². The highest BCUT2D eigenvalue weighted by Crippen LogP contribution is 2.34. The van der Waals surface area contributed by atoms with Crippen molar-refractivity contribution in [3.8, 4) is 11.4 Å². The second-order valence-corrected chi connectivity index (χ2v) is 8.54. The fourth-order valence-corrected chi connectivity index (χ4v) is 4.33. The molecule has 0 aliphatic carbocycles. The van der Waals surface area contributed by atoms with Crippen molar-refractivity contribution in [2.75, 3.05) is 50.1 Å². The molecule has 0 bridgehead atoms. The van der Waals surface area contributed by atoms with Crippen molar-refractivity contribution < 1.29 is 9.84 Å². The summed E-state index contributed by atoms with van der Waals surface area (Å²) in [5.41, 5.74) is 4.43. The number of ether oxygens (including phenoxy) is 1. The third kappa shape index (κ3) is 3.75. The molecule has 1 fully saturated rings. The number of aliphatic hydroxyl groups is 1. The van der Waals surface area contributed by atoms with E-state index < -0.39 is 6.10 Å². The number of nitrogens with zero attached hydrogens (tertiary/aromatic N) is 6. The Kier molecular flexibility index (Phi) is 4.85. The summed E-state index contributed by atoms with van der Waals surface area (Å²) in [4.78, 5) is 13.9. The number of likely N-dealkylation sites (N-methyl/N-ethyl adjacent to an activating group) is 1. The SMILES string of the molecule is CN1CCN(c2ccc(Nc3ncc4cnn(-c5ccc6c(c5)C(O)CO6)c4n3)cc2)CC1. The molecule has 1 atom stereocenters. The quantitative estimate of drug-likeness (QED) is 0.498. The van der Waals surface area contributed by atoms with Crippen molar-refractivity contribution in [1.82, 2.24) is 24.6 Å². The van der Waals surface area contributed by atoms with Crippen molar-refractivity contribution in [2.24, 2.45) is 0 Å². The van der Waals surface area contributed by atoms with Crippen LogP contribution in [0.2, 0.25) is 0 Å². The number of aliphatic hydroxyl groups excluding tert-OH is 1. The fraction of sp³-hybridized carbons (Fsp3) is 0.292. The number of hydrogen-bond acceptors (Lipinski definition) is 8. The normalized spacial score (nSPS) is 18.4. The molecule has 9 heteroatoms. The van der Waals surface area contributed by atoms with Gasteiger partial charge in [-0.25, -0.2) is 9.67 Å². The van der Waals surface area contributed by atoms with Gasteiger partial charge in [-0.2, -0.15) is 10.1 Å². The lowest BCUT2D eigenvalue weighted by Gasteiger charge is -2.34. The third-order valence-electron chi connectivity index (χ3n) is 6.29. The van der Waals surface area contributed by atoms with Crippen molar-refractivity contribution in [3.05, 3.63) is 60.4 Å². The van der Waals surface area contributed by atoms with Crippen LogP contribution in [0.25, 0.3) is 16.7 Å². The summed E-state index contributed by atoms with van der Waals surface area (Å²) in [5.74, 6) is 1.21. The Balaban J connectivity index is 1.24. The lowest BCUT2D eigenvalue weighted by molar-refractivity contribution is 0.140. The van der Waals surface area contributed by atoms with E-state index in [4.69, 9.17) is 9.72 Å². The molecule has 9 nitrogen and oxygen atoms in total. The van der Waals surface area contributed by atoms with Crippen LogP contribution in [0.1, 0.15) is 11.7 Å². The monoisotopic (exact) mass is 443 g/mol. The van der Waals surface area contributed by atoms with Gasteiger partial charge in [0.25, 0.3) is 0 Å². The van der Waals surface area contributed by atoms with Crippen LogP contribution in [-0.2, 0) is 0 Å². The zero-order valence-electron chi connectivity index (χ0n) is 18.3. The van der Waals surface area contributed by atoms with Gasteiger partial charge in [0.1, 0.15) is 18.5 Å². The minimum atomic E-state index is -0.623. The summed E-state index contributed by atoms with van der Waals surface area (Å²) in [6, 6.07) is 14.0. The molecule has 2 aliphatic rings. The van der Waals surface area contributed by atoms with E-state index in [1.54, 1.807) is 17.1 Å². The Labute approximate surface area is 191 Å². The summed E-state index contributed by atoms with van der Waals surface area (Å²) in [5, 5.41) is 18.8. The highest BCUT2D eigenvalue weighted by atomic mass is 16.5. The van der Waals surface area contributed by atoms with Crippen LogP contribution in [-0.4, -0.2) is 69.6 Å². The molecule has 1 unspecified atom stereocenters. The van der Waals surface area contributed by atoms with Gasteiger partial charge >= 0.3 is 0 Å². The van der Waals surface area contributed by atoms with Crippen LogP contribution in [0.5, 0.6) is 5.75 Å². The highest BCUT2D eigenvalue weighted by molar-refractivity contribution is 5.77. The molecule has 0 spiro atoms. The molecular weight excluding hydrogens is 418 g/mol. The van der Waals surface area contributed by atoms with Crippen LogP contribution >= 0.6 is 0 Å². The standard InChI is InChI=1S/C24H25N7O2/c1-29-8-10-30(11-9-29)18-4-2-17(3-5-18)27-24-25-13-16-14-26-31(23(16)28-24)19-6-7-22-20(12-19)21(32)15-33-22/h2-7,12-14,21,32H,8-11,15H2,1H3,(H,25,27,28). The Morgan fingerprint density at radius 1 is 1.00 bits per heavy atom. The van der Waals surface area contributed by atoms with Crippen LogP contribution in [0.15, 0.2) is 54.9 Å². The van der Waals surface area contributed by atoms with E-state index in [2.05, 4.69) is 56.5 Å². The zero-order chi connectivity index (χ0) is 22.4. The van der Waals surface area contributed by atoms with Crippen LogP contribution < -0.4 is 15.0 Å². The maximum absolute atomic E-state index is 10.1. The molecular formula is C24H25N7O2. The predicted molar refractivity (Wildman–Crippen MR) is 127 cm³/mol. The van der Waals surface area contributed by atoms with Gasteiger partial charge in [0.2, 0.25) is 5.95 Å². The van der Waals surface area contributed by atoms with Gasteiger partial charge in [0.15, 0.2) is 5.65 Å². The van der Waals surface area contributed by atoms with E-state index in [0.717, 1.165) is 48.5 Å². The van der Waals surface area contributed by atoms with E-state index in [-0.39, 0.29) is 6.61 Å². The summed E-state index contributed by atoms with van der Waals surface area (Å²) < 4.78 is 7.24. The van der Waals surface area contributed by atoms with Gasteiger partial charge in [0.05, 0.1) is 17.3 Å². The van der Waals surface area contributed by atoms with E-state index in [1.807, 2.05) is 18.2 Å². The van der Waals surface area contributed by atoms with E-state index in [9.17, 15) is 5.11 Å². The first kappa shape index (κ1) is 20.0. The average Bonchev–Trinajstić information content (AvgIpc) is 3.43. The number of hydrogen-bond donors (Lipinski definition) is 2. The Morgan fingerprint density at radius 3 is 2.61 bits per heavy atom. The summed E-state index contributed by atoms with van der Waals surface area (Å²) >= 11 is 0. The highest BCUT2D eigenvalue weighted by Gasteiger charge is 2.23. The first-order valence-electron chi connectivity index (χ1n) is 11.1. The van der Waals surface area contributed by atoms with Gasteiger partial charge in [-0.05, 0) is 49.5 Å². The van der Waals surface area contributed by atoms with Crippen molar-refractivity contribution in [1.29, 1.82) is 0 Å². The molecule has 4 heterocycles. The first-order chi connectivity index (χ1) is 16.1. The smallest absolute Gasteiger partial charge is 0.229 e. The lowest BCUT2D eigenvalue weighted by Crippen LogP contribution is -2.44. The Morgan fingerprint density at radius 2 is 1.79 bits per heavy atom. The summed E-state index contributed by atoms with van der Waals surface area (Å²) in [7, 11) is 2.16. The predicted octanol–water partition coefficient (Wildman–Crippen LogP) is 2.74. The molecule has 0 radical (unpaired) electrons. The largest absolute Gasteiger partial charge is 0.490 e. The Hall–Kier alpha value is -3.69. The summed E-state index contributed by atoms with van der Waals surface area (Å²) in [6.07, 6.45) is 2.88. The molecule has 2 N–H and O–H groups in total. The van der Waals surface area contributed by atoms with Gasteiger partial charge in [0, 0.05) is 49.3 Å². The molecule has 4 aromatic rings. The molecule has 2 aliphatic heterocycles. The molecule has 2 aromatic carbocycles. The topological polar surface area (TPSA) is 91.6 Å². The van der Waals surface area contributed by atoms with E-state index in [0.29, 0.717) is 17.3 Å². The molecule has 168 valence electrons. The third-order valence-corrected chi connectivity index (χ3v) is 6.29. The number of benzene rings is 2. The summed E-state index contributed by atoms with van der Waals surface area (Å²) in [6.45, 7) is 4.52. The first-order valence-corrected chi connectivity index (χ1v) is 11.1. The van der Waals surface area contributed by atoms with Gasteiger partial charge < -0.3 is 25.0 Å². The molecule has 1 saturated heterocycles. The second kappa shape index (κ2) is 8.02. The fourth-order valence-electron chi connectivity index (χ4n) is 4.33. The number of aromatic nitrogens is 4. The molecule has 0 amide bonds. The number of anilines is 3. The maximum Gasteiger partial charge on any atom is 0.229 e. The minimum Gasteiger partial charge on any atom is -0.490 e. The minimum absolute atomic E-state index is 0.280. The number of rotatable bonds is 4. The second-order valence-electron chi connectivity index (χ2n) is 8.54. The number of piperazine rings is 1. The van der Waals surface area contributed by atoms with Gasteiger partial charge in [-0.15, -0.1) is 0 Å². The number of fused-ring (bicyclic) bond motifs is 2. The maximum atomic E-state index is 10.1. The molecule has 2 aromatic heterocycles. The lowest BCUT2D eigenvalue weighted by atomic mass is 10.1. The molecule has 33 heavy (non-hydrogen) atoms. The van der Waals surface area contributed by atoms with Crippen LogP contribution in [0, 0.1) is 0 Å². The van der Waals surface area contributed by atoms with Crippen molar-refractivity contribution in [2.45, 2.75) is 6.10 Å². The molecule has 0 saturated carbocycles. The van der Waals surface area contributed by atoms with Gasteiger partial charge in [-0.3, -0.25) is 0 Å². The van der Waals surface area contributed by atoms with Crippen molar-refractivity contribution in [3.63, 3.8) is 0 Å². The zero-order valence-corrected chi connectivity index (χ0v) is 18.3.